The van der Waals surface area contributed by atoms with Crippen LogP contribution in [0, 0.1) is 6.92 Å². The molecule has 0 heterocycles. The molecule has 0 unspecified atom stereocenters. The van der Waals surface area contributed by atoms with E-state index in [9.17, 15) is 0 Å². The van der Waals surface area contributed by atoms with Crippen molar-refractivity contribution >= 4 is 28.9 Å². The molecule has 0 amide bonds. The number of alkyl halides is 1. The molecule has 0 aliphatic carbocycles. The highest BCUT2D eigenvalue weighted by Gasteiger charge is 2.15. The van der Waals surface area contributed by atoms with Gasteiger partial charge in [0.25, 0.3) is 0 Å². The Morgan fingerprint density at radius 2 is 2.04 bits per heavy atom. The molecule has 0 aromatic heterocycles. The average molecular weight is 400 g/mol. The second-order valence-electron chi connectivity index (χ2n) is 5.88. The van der Waals surface area contributed by atoms with Crippen molar-refractivity contribution in [3.8, 4) is 5.75 Å². The summed E-state index contributed by atoms with van der Waals surface area (Å²) in [7, 11) is 3.62. The summed E-state index contributed by atoms with van der Waals surface area (Å²) in [6.45, 7) is 8.64. The van der Waals surface area contributed by atoms with Crippen LogP contribution in [0.5, 0.6) is 5.75 Å². The van der Waals surface area contributed by atoms with Gasteiger partial charge in [0.1, 0.15) is 5.75 Å². The van der Waals surface area contributed by atoms with E-state index in [1.807, 2.05) is 25.3 Å². The van der Waals surface area contributed by atoms with Crippen LogP contribution >= 0.6 is 23.2 Å². The summed E-state index contributed by atoms with van der Waals surface area (Å²) < 4.78 is 5.54. The molecule has 1 rings (SSSR count). The lowest BCUT2D eigenvalue weighted by Crippen LogP contribution is -2.37. The van der Waals surface area contributed by atoms with E-state index in [0.717, 1.165) is 36.5 Å². The van der Waals surface area contributed by atoms with E-state index in [-0.39, 0.29) is 0 Å². The van der Waals surface area contributed by atoms with Gasteiger partial charge in [-0.15, -0.1) is 11.6 Å². The predicted octanol–water partition coefficient (Wildman–Crippen LogP) is 4.71. The summed E-state index contributed by atoms with van der Waals surface area (Å²) in [5.41, 5.74) is 4.59. The number of methoxy groups -OCH3 is 1. The zero-order chi connectivity index (χ0) is 19.5. The van der Waals surface area contributed by atoms with Gasteiger partial charge in [-0.2, -0.15) is 0 Å². The van der Waals surface area contributed by atoms with Gasteiger partial charge >= 0.3 is 0 Å². The Morgan fingerprint density at radius 3 is 2.58 bits per heavy atom. The summed E-state index contributed by atoms with van der Waals surface area (Å²) in [4.78, 5) is 2.25. The number of allylic oxidation sites excluding steroid dienone is 3. The number of rotatable bonds is 11. The number of anilines is 1. The fourth-order valence-electron chi connectivity index (χ4n) is 2.91. The van der Waals surface area contributed by atoms with Crippen molar-refractivity contribution in [3.63, 3.8) is 0 Å². The van der Waals surface area contributed by atoms with Crippen molar-refractivity contribution in [2.75, 3.05) is 44.7 Å². The van der Waals surface area contributed by atoms with Crippen LogP contribution in [0.15, 0.2) is 35.6 Å². The van der Waals surface area contributed by atoms with E-state index in [1.165, 1.54) is 11.3 Å². The number of ether oxygens (including phenoxy) is 1. The first-order chi connectivity index (χ1) is 12.5. The molecule has 0 saturated heterocycles. The van der Waals surface area contributed by atoms with E-state index in [2.05, 4.69) is 42.4 Å². The van der Waals surface area contributed by atoms with Crippen LogP contribution in [0.2, 0.25) is 5.02 Å². The summed E-state index contributed by atoms with van der Waals surface area (Å²) in [5, 5.41) is 7.50. The third-order valence-electron chi connectivity index (χ3n) is 4.23. The van der Waals surface area contributed by atoms with Crippen LogP contribution in [-0.4, -0.2) is 39.8 Å². The molecule has 1 aromatic rings. The fourth-order valence-corrected chi connectivity index (χ4v) is 3.26. The van der Waals surface area contributed by atoms with Crippen molar-refractivity contribution < 1.29 is 4.74 Å². The third kappa shape index (κ3) is 6.42. The van der Waals surface area contributed by atoms with Crippen LogP contribution in [-0.2, 0) is 0 Å². The first kappa shape index (κ1) is 22.7. The number of aryl methyl sites for hydroxylation is 1. The van der Waals surface area contributed by atoms with Gasteiger partial charge in [0, 0.05) is 42.8 Å². The van der Waals surface area contributed by atoms with Crippen LogP contribution in [0.3, 0.4) is 0 Å². The number of nitrogens with zero attached hydrogens (tertiary/aromatic N) is 1. The van der Waals surface area contributed by atoms with Crippen LogP contribution in [0.4, 0.5) is 5.69 Å². The Morgan fingerprint density at radius 1 is 1.31 bits per heavy atom. The molecule has 1 aromatic carbocycles. The standard InChI is InChI=1S/C20H31Cl2N3O/c1-6-16(9-8-10-21)18(23-4)13-24-14-25(7-2)20-15(3)11-17(22)12-19(20)26-5/h8-9,11-12,23-24H,6-7,10,13-14H2,1-5H3/b9-8-,18-16+. The van der Waals surface area contributed by atoms with Gasteiger partial charge in [0.05, 0.1) is 19.5 Å². The molecule has 0 aliphatic heterocycles. The maximum atomic E-state index is 6.16. The lowest BCUT2D eigenvalue weighted by Gasteiger charge is -2.28. The molecule has 26 heavy (non-hydrogen) atoms. The van der Waals surface area contributed by atoms with Gasteiger partial charge in [0.15, 0.2) is 0 Å². The Hall–Kier alpha value is -1.36. The van der Waals surface area contributed by atoms with Gasteiger partial charge in [-0.1, -0.05) is 30.7 Å². The molecule has 146 valence electrons. The molecule has 0 radical (unpaired) electrons. The molecule has 0 bridgehead atoms. The number of benzene rings is 1. The lowest BCUT2D eigenvalue weighted by molar-refractivity contribution is 0.413. The Bertz CT molecular complexity index is 630. The number of hydrogen-bond acceptors (Lipinski definition) is 4. The molecule has 4 nitrogen and oxygen atoms in total. The van der Waals surface area contributed by atoms with Crippen molar-refractivity contribution in [2.24, 2.45) is 0 Å². The second kappa shape index (κ2) is 12.1. The van der Waals surface area contributed by atoms with E-state index in [4.69, 9.17) is 27.9 Å². The molecule has 0 saturated carbocycles. The fraction of sp³-hybridized carbons (Fsp3) is 0.500. The van der Waals surface area contributed by atoms with Gasteiger partial charge < -0.3 is 15.0 Å². The van der Waals surface area contributed by atoms with Crippen molar-refractivity contribution in [1.82, 2.24) is 10.6 Å². The number of halogens is 2. The zero-order valence-corrected chi connectivity index (χ0v) is 18.0. The molecular formula is C20H31Cl2N3O. The Labute approximate surface area is 168 Å². The summed E-state index contributed by atoms with van der Waals surface area (Å²) in [6, 6.07) is 3.82. The van der Waals surface area contributed by atoms with Gasteiger partial charge in [-0.05, 0) is 37.5 Å². The molecule has 0 aliphatic rings. The lowest BCUT2D eigenvalue weighted by atomic mass is 10.1. The van der Waals surface area contributed by atoms with Crippen LogP contribution in [0.25, 0.3) is 0 Å². The van der Waals surface area contributed by atoms with Crippen LogP contribution in [0.1, 0.15) is 25.8 Å². The monoisotopic (exact) mass is 399 g/mol. The Balaban J connectivity index is 2.90. The molecule has 0 fully saturated rings. The minimum absolute atomic E-state index is 0.521. The molecular weight excluding hydrogens is 369 g/mol. The largest absolute Gasteiger partial charge is 0.495 e. The normalized spacial score (nSPS) is 12.3. The maximum absolute atomic E-state index is 6.16. The highest BCUT2D eigenvalue weighted by molar-refractivity contribution is 6.31. The highest BCUT2D eigenvalue weighted by atomic mass is 35.5. The van der Waals surface area contributed by atoms with Gasteiger partial charge in [-0.25, -0.2) is 0 Å². The van der Waals surface area contributed by atoms with E-state index in [1.54, 1.807) is 7.11 Å². The predicted molar refractivity (Wildman–Crippen MR) is 115 cm³/mol. The first-order valence-electron chi connectivity index (χ1n) is 8.94. The van der Waals surface area contributed by atoms with Crippen molar-refractivity contribution in [1.29, 1.82) is 0 Å². The smallest absolute Gasteiger partial charge is 0.143 e. The van der Waals surface area contributed by atoms with Crippen molar-refractivity contribution in [3.05, 3.63) is 46.1 Å². The molecule has 0 spiro atoms. The zero-order valence-electron chi connectivity index (χ0n) is 16.5. The van der Waals surface area contributed by atoms with Gasteiger partial charge in [-0.3, -0.25) is 5.32 Å². The van der Waals surface area contributed by atoms with Crippen molar-refractivity contribution in [2.45, 2.75) is 27.2 Å². The highest BCUT2D eigenvalue weighted by Crippen LogP contribution is 2.34. The average Bonchev–Trinajstić information content (AvgIpc) is 2.64. The van der Waals surface area contributed by atoms with E-state index >= 15 is 0 Å². The molecule has 0 atom stereocenters. The van der Waals surface area contributed by atoms with E-state index < -0.39 is 0 Å². The Kier molecular flexibility index (Phi) is 10.6. The third-order valence-corrected chi connectivity index (χ3v) is 4.63. The number of nitrogens with one attached hydrogen (secondary N) is 2. The second-order valence-corrected chi connectivity index (χ2v) is 6.62. The summed E-state index contributed by atoms with van der Waals surface area (Å²) in [5.74, 6) is 1.31. The quantitative estimate of drug-likeness (QED) is 0.321. The molecule has 6 heteroatoms. The topological polar surface area (TPSA) is 36.5 Å². The minimum atomic E-state index is 0.521. The van der Waals surface area contributed by atoms with Crippen LogP contribution < -0.4 is 20.3 Å². The maximum Gasteiger partial charge on any atom is 0.143 e. The summed E-state index contributed by atoms with van der Waals surface area (Å²) >= 11 is 11.9. The first-order valence-corrected chi connectivity index (χ1v) is 9.85. The number of hydrogen-bond donors (Lipinski definition) is 2. The number of likely N-dealkylation sites (N-methyl/N-ethyl adjacent to an activating group) is 1. The summed E-state index contributed by atoms with van der Waals surface area (Å²) in [6.07, 6.45) is 5.01. The van der Waals surface area contributed by atoms with Gasteiger partial charge in [0.2, 0.25) is 0 Å². The van der Waals surface area contributed by atoms with E-state index in [0.29, 0.717) is 17.6 Å². The molecule has 2 N–H and O–H groups in total. The minimum Gasteiger partial charge on any atom is -0.495 e. The SMILES string of the molecule is CCC(/C=C\CCl)=C(/CNCN(CC)c1c(C)cc(Cl)cc1OC)NC.